The van der Waals surface area contributed by atoms with Crippen LogP contribution in [0.5, 0.6) is 0 Å². The average Bonchev–Trinajstić information content (AvgIpc) is 2.96. The number of halogens is 2. The number of nitrogens with two attached hydrogens (primary N) is 1. The van der Waals surface area contributed by atoms with Crippen molar-refractivity contribution in [3.05, 3.63) is 58.7 Å². The molecule has 0 saturated heterocycles. The first-order valence-corrected chi connectivity index (χ1v) is 7.28. The summed E-state index contributed by atoms with van der Waals surface area (Å²) in [7, 11) is 0. The number of nitrogens with zero attached hydrogens (tertiary/aromatic N) is 2. The van der Waals surface area contributed by atoms with Crippen LogP contribution in [0.2, 0.25) is 5.02 Å². The van der Waals surface area contributed by atoms with E-state index < -0.39 is 11.7 Å². The van der Waals surface area contributed by atoms with Crippen molar-refractivity contribution in [2.75, 3.05) is 11.1 Å². The second-order valence-corrected chi connectivity index (χ2v) is 5.43. The quantitative estimate of drug-likeness (QED) is 0.754. The molecular formula is C16H12ClFN4O2. The predicted octanol–water partition coefficient (Wildman–Crippen LogP) is 3.67. The Hall–Kier alpha value is -2.93. The van der Waals surface area contributed by atoms with Gasteiger partial charge in [0.2, 0.25) is 0 Å². The highest BCUT2D eigenvalue weighted by molar-refractivity contribution is 6.33. The van der Waals surface area contributed by atoms with Gasteiger partial charge < -0.3 is 15.6 Å². The van der Waals surface area contributed by atoms with E-state index in [9.17, 15) is 9.18 Å². The van der Waals surface area contributed by atoms with E-state index in [2.05, 4.69) is 15.5 Å². The molecule has 3 N–H and O–H groups in total. The monoisotopic (exact) mass is 346 g/mol. The van der Waals surface area contributed by atoms with E-state index in [0.717, 1.165) is 0 Å². The molecule has 0 spiro atoms. The first-order chi connectivity index (χ1) is 11.5. The van der Waals surface area contributed by atoms with Gasteiger partial charge in [0, 0.05) is 16.1 Å². The molecule has 24 heavy (non-hydrogen) atoms. The zero-order valence-corrected chi connectivity index (χ0v) is 13.3. The largest absolute Gasteiger partial charge is 0.383 e. The fourth-order valence-electron chi connectivity index (χ4n) is 2.17. The van der Waals surface area contributed by atoms with Crippen LogP contribution in [0, 0.1) is 12.7 Å². The molecule has 0 bridgehead atoms. The predicted molar refractivity (Wildman–Crippen MR) is 88.2 cm³/mol. The lowest BCUT2D eigenvalue weighted by atomic mass is 10.1. The molecule has 0 fully saturated rings. The maximum absolute atomic E-state index is 13.4. The highest BCUT2D eigenvalue weighted by Crippen LogP contribution is 2.32. The van der Waals surface area contributed by atoms with Crippen LogP contribution in [0.4, 0.5) is 16.0 Å². The number of nitrogens with one attached hydrogen (secondary N) is 1. The molecule has 1 amide bonds. The maximum Gasteiger partial charge on any atom is 0.262 e. The van der Waals surface area contributed by atoms with Crippen LogP contribution in [0.25, 0.3) is 11.1 Å². The van der Waals surface area contributed by atoms with Crippen molar-refractivity contribution in [1.29, 1.82) is 0 Å². The number of hydrogen-bond acceptors (Lipinski definition) is 5. The zero-order chi connectivity index (χ0) is 17.3. The Labute approximate surface area is 141 Å². The molecule has 122 valence electrons. The van der Waals surface area contributed by atoms with E-state index in [0.29, 0.717) is 27.4 Å². The molecule has 8 heteroatoms. The van der Waals surface area contributed by atoms with E-state index in [1.54, 1.807) is 19.1 Å². The van der Waals surface area contributed by atoms with Gasteiger partial charge in [0.15, 0.2) is 0 Å². The molecule has 0 aliphatic carbocycles. The van der Waals surface area contributed by atoms with Gasteiger partial charge in [0.25, 0.3) is 5.91 Å². The lowest BCUT2D eigenvalue weighted by Crippen LogP contribution is -2.14. The van der Waals surface area contributed by atoms with Crippen molar-refractivity contribution in [3.63, 3.8) is 0 Å². The van der Waals surface area contributed by atoms with Gasteiger partial charge in [-0.15, -0.1) is 0 Å². The summed E-state index contributed by atoms with van der Waals surface area (Å²) in [6.07, 6.45) is 1.24. The lowest BCUT2D eigenvalue weighted by Gasteiger charge is -2.10. The van der Waals surface area contributed by atoms with Crippen LogP contribution in [-0.2, 0) is 0 Å². The number of hydrogen-bond donors (Lipinski definition) is 2. The van der Waals surface area contributed by atoms with Crippen LogP contribution in [0.15, 0.2) is 41.1 Å². The van der Waals surface area contributed by atoms with Crippen LogP contribution >= 0.6 is 11.6 Å². The van der Waals surface area contributed by atoms with Gasteiger partial charge in [0.05, 0.1) is 5.69 Å². The third kappa shape index (κ3) is 3.07. The maximum atomic E-state index is 13.4. The minimum absolute atomic E-state index is 0.113. The Morgan fingerprint density at radius 3 is 2.75 bits per heavy atom. The summed E-state index contributed by atoms with van der Waals surface area (Å²) >= 11 is 6.07. The molecule has 0 saturated carbocycles. The summed E-state index contributed by atoms with van der Waals surface area (Å²) in [6.45, 7) is 1.65. The van der Waals surface area contributed by atoms with E-state index in [1.807, 2.05) is 0 Å². The summed E-state index contributed by atoms with van der Waals surface area (Å²) in [5.74, 6) is -0.497. The Bertz CT molecular complexity index is 926. The molecule has 0 atom stereocenters. The normalized spacial score (nSPS) is 10.6. The number of aromatic nitrogens is 2. The van der Waals surface area contributed by atoms with Crippen molar-refractivity contribution in [1.82, 2.24) is 10.1 Å². The van der Waals surface area contributed by atoms with E-state index in [1.165, 1.54) is 24.5 Å². The fourth-order valence-corrected chi connectivity index (χ4v) is 2.39. The number of aryl methyl sites for hydroxylation is 1. The van der Waals surface area contributed by atoms with Crippen molar-refractivity contribution < 1.29 is 13.7 Å². The van der Waals surface area contributed by atoms with Crippen molar-refractivity contribution >= 4 is 29.1 Å². The SMILES string of the molecule is Cc1nocc1C(=O)Nc1ccc(-c2cc(F)ccc2Cl)c(N)n1. The number of carbonyl (C=O) groups excluding carboxylic acids is 1. The molecule has 0 aliphatic heterocycles. The first kappa shape index (κ1) is 15.9. The van der Waals surface area contributed by atoms with Crippen LogP contribution < -0.4 is 11.1 Å². The van der Waals surface area contributed by atoms with Crippen molar-refractivity contribution in [2.24, 2.45) is 0 Å². The number of carbonyl (C=O) groups is 1. The highest BCUT2D eigenvalue weighted by atomic mass is 35.5. The summed E-state index contributed by atoms with van der Waals surface area (Å²) in [5, 5.41) is 6.58. The van der Waals surface area contributed by atoms with Gasteiger partial charge in [-0.3, -0.25) is 4.79 Å². The number of pyridine rings is 1. The fraction of sp³-hybridized carbons (Fsp3) is 0.0625. The molecule has 6 nitrogen and oxygen atoms in total. The highest BCUT2D eigenvalue weighted by Gasteiger charge is 2.15. The average molecular weight is 347 g/mol. The van der Waals surface area contributed by atoms with Gasteiger partial charge in [0.1, 0.15) is 29.3 Å². The minimum Gasteiger partial charge on any atom is -0.383 e. The Kier molecular flexibility index (Phi) is 4.18. The number of anilines is 2. The Morgan fingerprint density at radius 2 is 2.08 bits per heavy atom. The molecule has 2 heterocycles. The second kappa shape index (κ2) is 6.29. The Morgan fingerprint density at radius 1 is 1.29 bits per heavy atom. The van der Waals surface area contributed by atoms with Gasteiger partial charge in [-0.2, -0.15) is 0 Å². The summed E-state index contributed by atoms with van der Waals surface area (Å²) < 4.78 is 18.1. The molecule has 0 radical (unpaired) electrons. The number of amides is 1. The van der Waals surface area contributed by atoms with Crippen LogP contribution in [0.3, 0.4) is 0 Å². The Balaban J connectivity index is 1.89. The molecule has 3 aromatic rings. The third-order valence-corrected chi connectivity index (χ3v) is 3.71. The summed E-state index contributed by atoms with van der Waals surface area (Å²) in [6, 6.07) is 7.13. The molecule has 0 unspecified atom stereocenters. The summed E-state index contributed by atoms with van der Waals surface area (Å²) in [4.78, 5) is 16.2. The van der Waals surface area contributed by atoms with Crippen molar-refractivity contribution in [3.8, 4) is 11.1 Å². The third-order valence-electron chi connectivity index (χ3n) is 3.38. The lowest BCUT2D eigenvalue weighted by molar-refractivity contribution is 0.102. The number of nitrogen functional groups attached to an aromatic ring is 1. The zero-order valence-electron chi connectivity index (χ0n) is 12.5. The summed E-state index contributed by atoms with van der Waals surface area (Å²) in [5.41, 5.74) is 7.58. The molecule has 1 aromatic carbocycles. The smallest absolute Gasteiger partial charge is 0.262 e. The number of benzene rings is 1. The van der Waals surface area contributed by atoms with Gasteiger partial charge in [-0.05, 0) is 37.3 Å². The number of rotatable bonds is 3. The molecular weight excluding hydrogens is 335 g/mol. The van der Waals surface area contributed by atoms with Crippen LogP contribution in [0.1, 0.15) is 16.1 Å². The van der Waals surface area contributed by atoms with Crippen molar-refractivity contribution in [2.45, 2.75) is 6.92 Å². The van der Waals surface area contributed by atoms with E-state index in [-0.39, 0.29) is 11.6 Å². The topological polar surface area (TPSA) is 94.0 Å². The van der Waals surface area contributed by atoms with Crippen LogP contribution in [-0.4, -0.2) is 16.0 Å². The molecule has 0 aliphatic rings. The van der Waals surface area contributed by atoms with E-state index >= 15 is 0 Å². The van der Waals surface area contributed by atoms with Gasteiger partial charge in [-0.1, -0.05) is 16.8 Å². The second-order valence-electron chi connectivity index (χ2n) is 5.02. The standard InChI is InChI=1S/C16H12ClFN4O2/c1-8-12(7-24-22-8)16(23)21-14-5-3-10(15(19)20-14)11-6-9(18)2-4-13(11)17/h2-7H,1H3,(H3,19,20,21,23). The van der Waals surface area contributed by atoms with E-state index in [4.69, 9.17) is 21.9 Å². The minimum atomic E-state index is -0.436. The van der Waals surface area contributed by atoms with Gasteiger partial charge >= 0.3 is 0 Å². The molecule has 3 rings (SSSR count). The first-order valence-electron chi connectivity index (χ1n) is 6.90. The van der Waals surface area contributed by atoms with Gasteiger partial charge in [-0.25, -0.2) is 9.37 Å². The molecule has 2 aromatic heterocycles.